The maximum Gasteiger partial charge on any atom is 0.211 e. The zero-order valence-electron chi connectivity index (χ0n) is 8.38. The van der Waals surface area contributed by atoms with Gasteiger partial charge in [0.1, 0.15) is 0 Å². The molecule has 0 aliphatic carbocycles. The predicted octanol–water partition coefficient (Wildman–Crippen LogP) is -0.257. The van der Waals surface area contributed by atoms with Crippen molar-refractivity contribution >= 4 is 10.0 Å². The SMILES string of the molecule is CS(=O)(=O)N1CCOCC1c1ccn[nH]1. The smallest absolute Gasteiger partial charge is 0.211 e. The third kappa shape index (κ3) is 2.19. The Balaban J connectivity index is 2.28. The number of aromatic amines is 1. The second-order valence-corrected chi connectivity index (χ2v) is 5.41. The van der Waals surface area contributed by atoms with Gasteiger partial charge < -0.3 is 4.74 Å². The second-order valence-electron chi connectivity index (χ2n) is 3.48. The van der Waals surface area contributed by atoms with Gasteiger partial charge in [0.15, 0.2) is 0 Å². The first-order valence-corrected chi connectivity index (χ1v) is 6.47. The van der Waals surface area contributed by atoms with E-state index in [0.717, 1.165) is 5.69 Å². The number of H-pyrrole nitrogens is 1. The third-order valence-electron chi connectivity index (χ3n) is 2.39. The van der Waals surface area contributed by atoms with Crippen LogP contribution < -0.4 is 0 Å². The fraction of sp³-hybridized carbons (Fsp3) is 0.625. The molecular weight excluding hydrogens is 218 g/mol. The van der Waals surface area contributed by atoms with E-state index in [1.807, 2.05) is 0 Å². The fourth-order valence-corrected chi connectivity index (χ4v) is 2.73. The van der Waals surface area contributed by atoms with Crippen LogP contribution in [0.4, 0.5) is 0 Å². The average molecular weight is 231 g/mol. The summed E-state index contributed by atoms with van der Waals surface area (Å²) in [5, 5.41) is 6.58. The van der Waals surface area contributed by atoms with E-state index in [2.05, 4.69) is 10.2 Å². The molecule has 0 radical (unpaired) electrons. The molecule has 1 aromatic rings. The molecule has 0 amide bonds. The van der Waals surface area contributed by atoms with E-state index in [1.165, 1.54) is 10.6 Å². The van der Waals surface area contributed by atoms with Crippen LogP contribution in [-0.2, 0) is 14.8 Å². The topological polar surface area (TPSA) is 75.3 Å². The predicted molar refractivity (Wildman–Crippen MR) is 53.7 cm³/mol. The summed E-state index contributed by atoms with van der Waals surface area (Å²) in [6.07, 6.45) is 2.81. The lowest BCUT2D eigenvalue weighted by atomic mass is 10.2. The van der Waals surface area contributed by atoms with Crippen LogP contribution in [0.2, 0.25) is 0 Å². The maximum absolute atomic E-state index is 11.5. The van der Waals surface area contributed by atoms with Crippen LogP contribution in [0, 0.1) is 0 Å². The number of sulfonamides is 1. The van der Waals surface area contributed by atoms with Crippen LogP contribution in [0.15, 0.2) is 12.3 Å². The van der Waals surface area contributed by atoms with Gasteiger partial charge in [0.25, 0.3) is 0 Å². The van der Waals surface area contributed by atoms with Crippen LogP contribution in [0.5, 0.6) is 0 Å². The molecule has 7 heteroatoms. The van der Waals surface area contributed by atoms with Gasteiger partial charge in [-0.1, -0.05) is 0 Å². The van der Waals surface area contributed by atoms with E-state index in [1.54, 1.807) is 12.3 Å². The average Bonchev–Trinajstić information content (AvgIpc) is 2.69. The Morgan fingerprint density at radius 1 is 1.67 bits per heavy atom. The third-order valence-corrected chi connectivity index (χ3v) is 3.68. The molecule has 0 saturated carbocycles. The van der Waals surface area contributed by atoms with Gasteiger partial charge in [-0.25, -0.2) is 8.42 Å². The van der Waals surface area contributed by atoms with Crippen molar-refractivity contribution in [2.45, 2.75) is 6.04 Å². The zero-order valence-corrected chi connectivity index (χ0v) is 9.20. The summed E-state index contributed by atoms with van der Waals surface area (Å²) in [5.41, 5.74) is 0.764. The van der Waals surface area contributed by atoms with E-state index in [4.69, 9.17) is 4.74 Å². The van der Waals surface area contributed by atoms with E-state index in [9.17, 15) is 8.42 Å². The highest BCUT2D eigenvalue weighted by Gasteiger charge is 2.31. The van der Waals surface area contributed by atoms with Crippen molar-refractivity contribution in [3.8, 4) is 0 Å². The highest BCUT2D eigenvalue weighted by Crippen LogP contribution is 2.24. The fourth-order valence-electron chi connectivity index (χ4n) is 1.68. The summed E-state index contributed by atoms with van der Waals surface area (Å²) in [6, 6.07) is 1.48. The lowest BCUT2D eigenvalue weighted by molar-refractivity contribution is 0.0309. The lowest BCUT2D eigenvalue weighted by Crippen LogP contribution is -2.42. The van der Waals surface area contributed by atoms with Crippen LogP contribution in [-0.4, -0.2) is 48.9 Å². The Morgan fingerprint density at radius 3 is 3.07 bits per heavy atom. The minimum absolute atomic E-state index is 0.281. The zero-order chi connectivity index (χ0) is 10.9. The van der Waals surface area contributed by atoms with Crippen molar-refractivity contribution in [1.29, 1.82) is 0 Å². The number of nitrogens with zero attached hydrogens (tertiary/aromatic N) is 2. The van der Waals surface area contributed by atoms with Crippen molar-refractivity contribution < 1.29 is 13.2 Å². The van der Waals surface area contributed by atoms with E-state index < -0.39 is 10.0 Å². The highest BCUT2D eigenvalue weighted by atomic mass is 32.2. The van der Waals surface area contributed by atoms with Crippen molar-refractivity contribution in [3.63, 3.8) is 0 Å². The van der Waals surface area contributed by atoms with Gasteiger partial charge in [0.05, 0.1) is 31.2 Å². The molecule has 1 atom stereocenters. The molecule has 1 aliphatic heterocycles. The minimum Gasteiger partial charge on any atom is -0.378 e. The van der Waals surface area contributed by atoms with Crippen LogP contribution in [0.1, 0.15) is 11.7 Å². The Kier molecular flexibility index (Phi) is 2.76. The molecule has 2 rings (SSSR count). The second kappa shape index (κ2) is 3.92. The van der Waals surface area contributed by atoms with Crippen LogP contribution >= 0.6 is 0 Å². The molecule has 84 valence electrons. The Bertz CT molecular complexity index is 414. The molecule has 1 aromatic heterocycles. The van der Waals surface area contributed by atoms with Crippen molar-refractivity contribution in [2.24, 2.45) is 0 Å². The summed E-state index contributed by atoms with van der Waals surface area (Å²) in [6.45, 7) is 1.20. The van der Waals surface area contributed by atoms with Crippen molar-refractivity contribution in [3.05, 3.63) is 18.0 Å². The molecular formula is C8H13N3O3S. The molecule has 1 unspecified atom stereocenters. The van der Waals surface area contributed by atoms with E-state index >= 15 is 0 Å². The van der Waals surface area contributed by atoms with Gasteiger partial charge in [-0.2, -0.15) is 9.40 Å². The quantitative estimate of drug-likeness (QED) is 0.761. The number of hydrogen-bond acceptors (Lipinski definition) is 4. The van der Waals surface area contributed by atoms with Gasteiger partial charge in [0, 0.05) is 12.7 Å². The largest absolute Gasteiger partial charge is 0.378 e. The molecule has 0 spiro atoms. The molecule has 0 bridgehead atoms. The number of rotatable bonds is 2. The summed E-state index contributed by atoms with van der Waals surface area (Å²) < 4.78 is 29.8. The maximum atomic E-state index is 11.5. The minimum atomic E-state index is -3.20. The first-order valence-electron chi connectivity index (χ1n) is 4.63. The van der Waals surface area contributed by atoms with Gasteiger partial charge in [0.2, 0.25) is 10.0 Å². The van der Waals surface area contributed by atoms with Gasteiger partial charge in [-0.15, -0.1) is 0 Å². The first-order chi connectivity index (χ1) is 7.09. The van der Waals surface area contributed by atoms with E-state index in [0.29, 0.717) is 19.8 Å². The Hall–Kier alpha value is -0.920. The molecule has 1 aliphatic rings. The molecule has 2 heterocycles. The number of aromatic nitrogens is 2. The molecule has 6 nitrogen and oxygen atoms in total. The van der Waals surface area contributed by atoms with Gasteiger partial charge in [-0.3, -0.25) is 5.10 Å². The molecule has 0 aromatic carbocycles. The molecule has 1 fully saturated rings. The first kappa shape index (κ1) is 10.6. The molecule has 15 heavy (non-hydrogen) atoms. The standard InChI is InChI=1S/C8H13N3O3S/c1-15(12,13)11-4-5-14-6-8(11)7-2-3-9-10-7/h2-3,8H,4-6H2,1H3,(H,9,10). The van der Waals surface area contributed by atoms with Crippen molar-refractivity contribution in [1.82, 2.24) is 14.5 Å². The monoisotopic (exact) mass is 231 g/mol. The highest BCUT2D eigenvalue weighted by molar-refractivity contribution is 7.88. The van der Waals surface area contributed by atoms with Crippen molar-refractivity contribution in [2.75, 3.05) is 26.0 Å². The summed E-state index contributed by atoms with van der Waals surface area (Å²) in [4.78, 5) is 0. The molecule has 1 saturated heterocycles. The summed E-state index contributed by atoms with van der Waals surface area (Å²) in [5.74, 6) is 0. The lowest BCUT2D eigenvalue weighted by Gasteiger charge is -2.32. The number of ether oxygens (including phenoxy) is 1. The Labute approximate surface area is 88.3 Å². The molecule has 1 N–H and O–H groups in total. The summed E-state index contributed by atoms with van der Waals surface area (Å²) >= 11 is 0. The van der Waals surface area contributed by atoms with Gasteiger partial charge in [-0.05, 0) is 6.07 Å². The normalized spacial score (nSPS) is 24.2. The van der Waals surface area contributed by atoms with Crippen LogP contribution in [0.25, 0.3) is 0 Å². The number of morpholine rings is 1. The summed E-state index contributed by atoms with van der Waals surface area (Å²) in [7, 11) is -3.20. The van der Waals surface area contributed by atoms with Gasteiger partial charge >= 0.3 is 0 Å². The van der Waals surface area contributed by atoms with E-state index in [-0.39, 0.29) is 6.04 Å². The number of hydrogen-bond donors (Lipinski definition) is 1. The Morgan fingerprint density at radius 2 is 2.47 bits per heavy atom. The van der Waals surface area contributed by atoms with Crippen LogP contribution in [0.3, 0.4) is 0 Å². The number of nitrogens with one attached hydrogen (secondary N) is 1.